The van der Waals surface area contributed by atoms with Crippen LogP contribution in [0.1, 0.15) is 34.7 Å². The van der Waals surface area contributed by atoms with Gasteiger partial charge in [0.25, 0.3) is 0 Å². The highest BCUT2D eigenvalue weighted by Gasteiger charge is 2.29. The Kier molecular flexibility index (Phi) is 14.0. The minimum atomic E-state index is -4.36. The number of benzene rings is 3. The lowest BCUT2D eigenvalue weighted by molar-refractivity contribution is -0.137. The molecule has 0 heterocycles. The van der Waals surface area contributed by atoms with Gasteiger partial charge in [-0.3, -0.25) is 0 Å². The number of nitrogens with zero attached hydrogens (tertiary/aromatic N) is 1. The molecule has 0 aliphatic heterocycles. The zero-order valence-electron chi connectivity index (χ0n) is 25.6. The van der Waals surface area contributed by atoms with Crippen LogP contribution < -0.4 is 14.2 Å². The van der Waals surface area contributed by atoms with E-state index in [1.165, 1.54) is 12.1 Å². The number of carboxylic acids is 2. The summed E-state index contributed by atoms with van der Waals surface area (Å²) < 4.78 is 54.6. The van der Waals surface area contributed by atoms with E-state index in [0.29, 0.717) is 29.2 Å². The summed E-state index contributed by atoms with van der Waals surface area (Å²) in [6.45, 7) is 2.99. The average molecular weight is 628 g/mol. The number of hydrogen-bond donors (Lipinski definition) is 2. The Hall–Kier alpha value is -4.95. The molecule has 0 aromatic heterocycles. The number of hydrogen-bond acceptors (Lipinski definition) is 6. The summed E-state index contributed by atoms with van der Waals surface area (Å²) in [6.07, 6.45) is -1.67. The van der Waals surface area contributed by atoms with Crippen LogP contribution in [0.5, 0.6) is 17.2 Å². The van der Waals surface area contributed by atoms with Crippen LogP contribution in [-0.2, 0) is 28.6 Å². The van der Waals surface area contributed by atoms with Gasteiger partial charge >= 0.3 is 18.1 Å². The zero-order chi connectivity index (χ0) is 33.6. The van der Waals surface area contributed by atoms with Gasteiger partial charge in [0.15, 0.2) is 11.5 Å². The average Bonchev–Trinajstić information content (AvgIpc) is 3.01. The van der Waals surface area contributed by atoms with E-state index in [2.05, 4.69) is 30.7 Å². The Morgan fingerprint density at radius 3 is 2.02 bits per heavy atom. The van der Waals surface area contributed by atoms with Gasteiger partial charge in [0.05, 0.1) is 26.9 Å². The van der Waals surface area contributed by atoms with Gasteiger partial charge < -0.3 is 29.3 Å². The fourth-order valence-electron chi connectivity index (χ4n) is 4.05. The predicted molar refractivity (Wildman–Crippen MR) is 164 cm³/mol. The molecule has 1 atom stereocenters. The maximum absolute atomic E-state index is 12.8. The minimum Gasteiger partial charge on any atom is -0.497 e. The van der Waals surface area contributed by atoms with Crippen molar-refractivity contribution in [1.29, 1.82) is 0 Å². The summed E-state index contributed by atoms with van der Waals surface area (Å²) in [4.78, 5) is 21.4. The van der Waals surface area contributed by atoms with Gasteiger partial charge in [-0.1, -0.05) is 17.9 Å². The fourth-order valence-corrected chi connectivity index (χ4v) is 4.05. The number of likely N-dealkylation sites (N-methyl/N-ethyl adjacent to an activating group) is 1. The third-order valence-electron chi connectivity index (χ3n) is 6.70. The molecular formula is C34H36F3NO7. The monoisotopic (exact) mass is 627 g/mol. The fraction of sp³-hybridized carbons (Fsp3) is 0.294. The molecule has 2 N–H and O–H groups in total. The van der Waals surface area contributed by atoms with Crippen molar-refractivity contribution in [2.45, 2.75) is 32.0 Å². The number of carbonyl (C=O) groups is 2. The lowest BCUT2D eigenvalue weighted by atomic mass is 9.99. The van der Waals surface area contributed by atoms with Gasteiger partial charge in [-0.15, -0.1) is 0 Å². The summed E-state index contributed by atoms with van der Waals surface area (Å²) in [5.41, 5.74) is 2.83. The number of rotatable bonds is 11. The van der Waals surface area contributed by atoms with Crippen LogP contribution in [0.2, 0.25) is 0 Å². The number of alkyl halides is 3. The number of ether oxygens (including phenoxy) is 3. The van der Waals surface area contributed by atoms with Crippen molar-refractivity contribution in [1.82, 2.24) is 4.90 Å². The lowest BCUT2D eigenvalue weighted by Gasteiger charge is -2.25. The van der Waals surface area contributed by atoms with E-state index in [-0.39, 0.29) is 6.04 Å². The van der Waals surface area contributed by atoms with Gasteiger partial charge in [0, 0.05) is 35.9 Å². The molecule has 0 amide bonds. The third kappa shape index (κ3) is 12.3. The maximum Gasteiger partial charge on any atom is 0.416 e. The van der Waals surface area contributed by atoms with Crippen molar-refractivity contribution in [2.24, 2.45) is 0 Å². The second kappa shape index (κ2) is 17.4. The molecule has 0 fully saturated rings. The largest absolute Gasteiger partial charge is 0.497 e. The Labute approximate surface area is 260 Å². The molecule has 0 bridgehead atoms. The number of halogens is 3. The van der Waals surface area contributed by atoms with Crippen molar-refractivity contribution in [3.63, 3.8) is 0 Å². The van der Waals surface area contributed by atoms with E-state index in [1.807, 2.05) is 36.4 Å². The first-order chi connectivity index (χ1) is 21.3. The molecule has 0 saturated heterocycles. The number of aliphatic carboxylic acids is 2. The highest BCUT2D eigenvalue weighted by molar-refractivity contribution is 5.89. The molecule has 3 aromatic rings. The molecule has 8 nitrogen and oxygen atoms in total. The van der Waals surface area contributed by atoms with E-state index in [9.17, 15) is 22.8 Å². The van der Waals surface area contributed by atoms with E-state index >= 15 is 0 Å². The van der Waals surface area contributed by atoms with Gasteiger partial charge in [0.2, 0.25) is 0 Å². The Balaban J connectivity index is 0.000000777. The van der Waals surface area contributed by atoms with Crippen molar-refractivity contribution >= 4 is 11.9 Å². The van der Waals surface area contributed by atoms with Gasteiger partial charge in [-0.05, 0) is 92.5 Å². The normalized spacial score (nSPS) is 11.6. The smallest absolute Gasteiger partial charge is 0.416 e. The quantitative estimate of drug-likeness (QED) is 0.199. The van der Waals surface area contributed by atoms with Crippen molar-refractivity contribution in [2.75, 3.05) is 34.9 Å². The molecule has 0 spiro atoms. The second-order valence-electron chi connectivity index (χ2n) is 9.83. The molecular weight excluding hydrogens is 591 g/mol. The first-order valence-electron chi connectivity index (χ1n) is 13.7. The molecule has 240 valence electrons. The summed E-state index contributed by atoms with van der Waals surface area (Å²) in [5.74, 6) is 5.76. The lowest BCUT2D eigenvalue weighted by Crippen LogP contribution is -2.32. The van der Waals surface area contributed by atoms with Crippen LogP contribution >= 0.6 is 0 Å². The summed E-state index contributed by atoms with van der Waals surface area (Å²) in [5, 5.41) is 15.6. The molecule has 0 aliphatic rings. The Morgan fingerprint density at radius 2 is 1.49 bits per heavy atom. The van der Waals surface area contributed by atoms with Crippen LogP contribution in [0.15, 0.2) is 72.8 Å². The van der Waals surface area contributed by atoms with Crippen LogP contribution in [0.4, 0.5) is 13.2 Å². The highest BCUT2D eigenvalue weighted by atomic mass is 19.4. The predicted octanol–water partition coefficient (Wildman–Crippen LogP) is 5.95. The third-order valence-corrected chi connectivity index (χ3v) is 6.70. The van der Waals surface area contributed by atoms with Gasteiger partial charge in [0.1, 0.15) is 5.75 Å². The Bertz CT molecular complexity index is 1510. The Morgan fingerprint density at radius 1 is 0.867 bits per heavy atom. The van der Waals surface area contributed by atoms with Crippen LogP contribution in [0, 0.1) is 11.8 Å². The molecule has 45 heavy (non-hydrogen) atoms. The van der Waals surface area contributed by atoms with Gasteiger partial charge in [-0.2, -0.15) is 13.2 Å². The summed E-state index contributed by atoms with van der Waals surface area (Å²) >= 11 is 0. The first-order valence-corrected chi connectivity index (χ1v) is 13.7. The molecule has 0 aliphatic carbocycles. The number of methoxy groups -OCH3 is 3. The van der Waals surface area contributed by atoms with E-state index in [1.54, 1.807) is 21.3 Å². The SMILES string of the molecule is COc1ccc(C#Cc2ccc(C(F)(F)F)cc2)c(CC(C)N(C)CCc2ccc(OC)c(OC)c2)c1.O=C(O)/C=C/C(=O)O. The number of carboxylic acid groups (broad SMARTS) is 2. The van der Waals surface area contributed by atoms with Gasteiger partial charge in [-0.25, -0.2) is 9.59 Å². The summed E-state index contributed by atoms with van der Waals surface area (Å²) in [6, 6.07) is 16.7. The maximum atomic E-state index is 12.8. The molecule has 3 aromatic carbocycles. The highest BCUT2D eigenvalue weighted by Crippen LogP contribution is 2.29. The van der Waals surface area contributed by atoms with Crippen LogP contribution in [-0.4, -0.2) is 68.0 Å². The topological polar surface area (TPSA) is 106 Å². The van der Waals surface area contributed by atoms with E-state index in [4.69, 9.17) is 24.4 Å². The first kappa shape index (κ1) is 36.2. The second-order valence-corrected chi connectivity index (χ2v) is 9.83. The van der Waals surface area contributed by atoms with E-state index < -0.39 is 23.7 Å². The van der Waals surface area contributed by atoms with Crippen LogP contribution in [0.25, 0.3) is 0 Å². The minimum absolute atomic E-state index is 0.207. The molecule has 1 unspecified atom stereocenters. The molecule has 11 heteroatoms. The van der Waals surface area contributed by atoms with Crippen molar-refractivity contribution in [3.8, 4) is 29.1 Å². The molecule has 0 radical (unpaired) electrons. The molecule has 3 rings (SSSR count). The molecule has 0 saturated carbocycles. The van der Waals surface area contributed by atoms with Crippen molar-refractivity contribution in [3.05, 3.63) is 101 Å². The van der Waals surface area contributed by atoms with E-state index in [0.717, 1.165) is 54.0 Å². The van der Waals surface area contributed by atoms with Crippen LogP contribution in [0.3, 0.4) is 0 Å². The van der Waals surface area contributed by atoms with Crippen molar-refractivity contribution < 1.29 is 47.2 Å². The zero-order valence-corrected chi connectivity index (χ0v) is 25.6. The standard InChI is InChI=1S/C30H32F3NO3.C4H4O4/c1-21(34(2)17-16-23-9-15-28(36-4)29(19-23)37-5)18-25-20-27(35-3)14-11-24(25)10-6-22-7-12-26(13-8-22)30(31,32)33;5-3(6)1-2-4(7)8/h7-9,11-15,19-21H,16-18H2,1-5H3;1-2H,(H,5,6)(H,7,8)/b;2-1+. The summed E-state index contributed by atoms with van der Waals surface area (Å²) in [7, 11) is 6.94.